The highest BCUT2D eigenvalue weighted by molar-refractivity contribution is 7.91. The van der Waals surface area contributed by atoms with Gasteiger partial charge in [0.05, 0.1) is 23.0 Å². The number of rotatable bonds is 1. The molecule has 1 heterocycles. The van der Waals surface area contributed by atoms with Gasteiger partial charge in [-0.3, -0.25) is 0 Å². The molecule has 0 aromatic carbocycles. The van der Waals surface area contributed by atoms with E-state index in [1.165, 1.54) is 12.8 Å². The highest BCUT2D eigenvalue weighted by Crippen LogP contribution is 2.60. The maximum atomic E-state index is 11.6. The zero-order valence-corrected chi connectivity index (χ0v) is 10.2. The Morgan fingerprint density at radius 3 is 2.44 bits per heavy atom. The minimum absolute atomic E-state index is 0.123. The Kier molecular flexibility index (Phi) is 2.13. The maximum absolute atomic E-state index is 11.6. The number of sulfone groups is 1. The lowest BCUT2D eigenvalue weighted by Gasteiger charge is -2.35. The lowest BCUT2D eigenvalue weighted by atomic mass is 9.65. The zero-order valence-electron chi connectivity index (χ0n) is 9.35. The van der Waals surface area contributed by atoms with Crippen LogP contribution in [0.25, 0.3) is 0 Å². The molecule has 4 heteroatoms. The van der Waals surface area contributed by atoms with Gasteiger partial charge in [0, 0.05) is 0 Å². The third-order valence-corrected chi connectivity index (χ3v) is 6.83. The average Bonchev–Trinajstić information content (AvgIpc) is 2.90. The quantitative estimate of drug-likeness (QED) is 0.700. The van der Waals surface area contributed by atoms with Gasteiger partial charge in [0.15, 0.2) is 9.84 Å². The Balaban J connectivity index is 1.91. The Hall–Kier alpha value is -0.560. The highest BCUT2D eigenvalue weighted by Gasteiger charge is 2.57. The normalized spacial score (nSPS) is 49.3. The fourth-order valence-corrected chi connectivity index (χ4v) is 6.19. The first-order valence-electron chi connectivity index (χ1n) is 6.17. The number of nitrogens with zero attached hydrogens (tertiary/aromatic N) is 1. The van der Waals surface area contributed by atoms with Gasteiger partial charge in [-0.2, -0.15) is 5.26 Å². The van der Waals surface area contributed by atoms with Gasteiger partial charge in [-0.25, -0.2) is 8.42 Å². The van der Waals surface area contributed by atoms with Crippen molar-refractivity contribution in [2.75, 3.05) is 11.5 Å². The first kappa shape index (κ1) is 10.6. The third-order valence-electron chi connectivity index (χ3n) is 5.07. The molecule has 2 aliphatic carbocycles. The summed E-state index contributed by atoms with van der Waals surface area (Å²) in [6.07, 6.45) is 5.26. The van der Waals surface area contributed by atoms with Gasteiger partial charge in [0.25, 0.3) is 0 Å². The summed E-state index contributed by atoms with van der Waals surface area (Å²) >= 11 is 0. The van der Waals surface area contributed by atoms with Gasteiger partial charge < -0.3 is 0 Å². The van der Waals surface area contributed by atoms with Crippen LogP contribution < -0.4 is 0 Å². The molecule has 0 aromatic rings. The van der Waals surface area contributed by atoms with E-state index in [4.69, 9.17) is 0 Å². The monoisotopic (exact) mass is 239 g/mol. The Morgan fingerprint density at radius 1 is 1.19 bits per heavy atom. The molecule has 1 aliphatic heterocycles. The van der Waals surface area contributed by atoms with E-state index in [-0.39, 0.29) is 17.1 Å². The van der Waals surface area contributed by atoms with Crippen LogP contribution >= 0.6 is 0 Å². The van der Waals surface area contributed by atoms with Gasteiger partial charge in [0.2, 0.25) is 0 Å². The molecule has 0 N–H and O–H groups in total. The first-order chi connectivity index (χ1) is 7.56. The van der Waals surface area contributed by atoms with Crippen LogP contribution in [0.4, 0.5) is 0 Å². The lowest BCUT2D eigenvalue weighted by Crippen LogP contribution is -2.35. The van der Waals surface area contributed by atoms with Crippen LogP contribution in [-0.4, -0.2) is 19.9 Å². The number of nitriles is 1. The summed E-state index contributed by atoms with van der Waals surface area (Å²) in [5.74, 6) is 1.88. The molecule has 4 atom stereocenters. The van der Waals surface area contributed by atoms with Crippen LogP contribution in [0.3, 0.4) is 0 Å². The molecule has 3 rings (SSSR count). The molecule has 2 bridgehead atoms. The van der Waals surface area contributed by atoms with E-state index in [1.54, 1.807) is 0 Å². The smallest absolute Gasteiger partial charge is 0.150 e. The van der Waals surface area contributed by atoms with Crippen LogP contribution in [0.5, 0.6) is 0 Å². The molecule has 3 nitrogen and oxygen atoms in total. The standard InChI is InChI=1S/C12H17NO2S/c13-8-12(6-9-1-2-10(12)5-9)11-3-4-16(14,15)7-11/h9-11H,1-7H2. The van der Waals surface area contributed by atoms with Crippen molar-refractivity contribution >= 4 is 9.84 Å². The SMILES string of the molecule is N#CC1(C2CCS(=O)(=O)C2)CC2CCC1C2. The van der Waals surface area contributed by atoms with Crippen LogP contribution in [0, 0.1) is 34.5 Å². The second-order valence-electron chi connectivity index (χ2n) is 5.83. The molecule has 16 heavy (non-hydrogen) atoms. The molecule has 4 unspecified atom stereocenters. The summed E-state index contributed by atoms with van der Waals surface area (Å²) in [6, 6.07) is 2.52. The summed E-state index contributed by atoms with van der Waals surface area (Å²) in [6.45, 7) is 0. The largest absolute Gasteiger partial charge is 0.229 e. The fourth-order valence-electron chi connectivity index (χ4n) is 4.30. The topological polar surface area (TPSA) is 57.9 Å². The average molecular weight is 239 g/mol. The summed E-state index contributed by atoms with van der Waals surface area (Å²) < 4.78 is 23.1. The third kappa shape index (κ3) is 1.34. The summed E-state index contributed by atoms with van der Waals surface area (Å²) in [5.41, 5.74) is -0.285. The maximum Gasteiger partial charge on any atom is 0.150 e. The Morgan fingerprint density at radius 2 is 2.00 bits per heavy atom. The van der Waals surface area contributed by atoms with Gasteiger partial charge >= 0.3 is 0 Å². The molecule has 3 aliphatic rings. The van der Waals surface area contributed by atoms with E-state index in [2.05, 4.69) is 6.07 Å². The molecule has 0 aromatic heterocycles. The van der Waals surface area contributed by atoms with E-state index >= 15 is 0 Å². The van der Waals surface area contributed by atoms with Crippen molar-refractivity contribution in [2.45, 2.75) is 32.1 Å². The lowest BCUT2D eigenvalue weighted by molar-refractivity contribution is 0.158. The van der Waals surface area contributed by atoms with E-state index in [0.29, 0.717) is 17.6 Å². The number of hydrogen-bond donors (Lipinski definition) is 0. The summed E-state index contributed by atoms with van der Waals surface area (Å²) in [5, 5.41) is 9.52. The molecule has 88 valence electrons. The molecular formula is C12H17NO2S. The summed E-state index contributed by atoms with van der Waals surface area (Å²) in [4.78, 5) is 0. The van der Waals surface area contributed by atoms with Gasteiger partial charge in [-0.05, 0) is 43.4 Å². The number of fused-ring (bicyclic) bond motifs is 2. The molecule has 2 saturated carbocycles. The molecule has 0 amide bonds. The Bertz CT molecular complexity index is 450. The Labute approximate surface area is 96.8 Å². The molecule has 0 spiro atoms. The van der Waals surface area contributed by atoms with E-state index < -0.39 is 9.84 Å². The fraction of sp³-hybridized carbons (Fsp3) is 0.917. The van der Waals surface area contributed by atoms with Crippen molar-refractivity contribution in [3.8, 4) is 6.07 Å². The van der Waals surface area contributed by atoms with Crippen LogP contribution in [0.15, 0.2) is 0 Å². The van der Waals surface area contributed by atoms with Crippen molar-refractivity contribution in [1.82, 2.24) is 0 Å². The molecule has 1 saturated heterocycles. The van der Waals surface area contributed by atoms with Crippen LogP contribution in [0.1, 0.15) is 32.1 Å². The highest BCUT2D eigenvalue weighted by atomic mass is 32.2. The first-order valence-corrected chi connectivity index (χ1v) is 7.99. The predicted molar refractivity (Wildman–Crippen MR) is 60.3 cm³/mol. The second kappa shape index (κ2) is 3.22. The van der Waals surface area contributed by atoms with E-state index in [0.717, 1.165) is 19.3 Å². The summed E-state index contributed by atoms with van der Waals surface area (Å²) in [7, 11) is -2.85. The van der Waals surface area contributed by atoms with Gasteiger partial charge in [-0.15, -0.1) is 0 Å². The molecule has 3 fully saturated rings. The van der Waals surface area contributed by atoms with Crippen molar-refractivity contribution in [3.63, 3.8) is 0 Å². The van der Waals surface area contributed by atoms with Crippen molar-refractivity contribution in [1.29, 1.82) is 5.26 Å². The van der Waals surface area contributed by atoms with Crippen molar-refractivity contribution < 1.29 is 8.42 Å². The van der Waals surface area contributed by atoms with Crippen molar-refractivity contribution in [3.05, 3.63) is 0 Å². The minimum Gasteiger partial charge on any atom is -0.229 e. The van der Waals surface area contributed by atoms with Crippen LogP contribution in [0.2, 0.25) is 0 Å². The van der Waals surface area contributed by atoms with Gasteiger partial charge in [0.1, 0.15) is 0 Å². The molecular weight excluding hydrogens is 222 g/mol. The van der Waals surface area contributed by atoms with E-state index in [1.807, 2.05) is 0 Å². The van der Waals surface area contributed by atoms with Gasteiger partial charge in [-0.1, -0.05) is 6.42 Å². The van der Waals surface area contributed by atoms with E-state index in [9.17, 15) is 13.7 Å². The number of hydrogen-bond acceptors (Lipinski definition) is 3. The zero-order chi connectivity index (χ0) is 11.4. The second-order valence-corrected chi connectivity index (χ2v) is 8.06. The minimum atomic E-state index is -2.85. The molecule has 0 radical (unpaired) electrons. The predicted octanol–water partition coefficient (Wildman–Crippen LogP) is 1.75. The van der Waals surface area contributed by atoms with Crippen LogP contribution in [-0.2, 0) is 9.84 Å². The van der Waals surface area contributed by atoms with Crippen molar-refractivity contribution in [2.24, 2.45) is 23.2 Å².